The highest BCUT2D eigenvalue weighted by Gasteiger charge is 2.65. The van der Waals surface area contributed by atoms with Crippen LogP contribution in [-0.2, 0) is 9.59 Å². The molecule has 0 aliphatic carbocycles. The summed E-state index contributed by atoms with van der Waals surface area (Å²) in [5, 5.41) is 3.98. The number of carbonyl (C=O) groups excluding carboxylic acids is 2. The molecule has 1 saturated heterocycles. The number of alkyl halides is 6. The number of halogens is 6. The van der Waals surface area contributed by atoms with E-state index >= 15 is 0 Å². The molecule has 2 amide bonds. The van der Waals surface area contributed by atoms with Gasteiger partial charge in [-0.25, -0.2) is 5.01 Å². The maximum Gasteiger partial charge on any atom is 0.230 e. The van der Waals surface area contributed by atoms with E-state index in [1.807, 2.05) is 0 Å². The van der Waals surface area contributed by atoms with E-state index in [1.54, 1.807) is 9.91 Å². The van der Waals surface area contributed by atoms with Crippen molar-refractivity contribution in [2.24, 2.45) is 0 Å². The quantitative estimate of drug-likeness (QED) is 0.522. The van der Waals surface area contributed by atoms with Gasteiger partial charge in [0.2, 0.25) is 20.4 Å². The van der Waals surface area contributed by atoms with Gasteiger partial charge in [-0.1, -0.05) is 69.6 Å². The van der Waals surface area contributed by atoms with Crippen molar-refractivity contribution in [1.29, 1.82) is 0 Å². The highest BCUT2D eigenvalue weighted by atomic mass is 35.6. The second-order valence-electron chi connectivity index (χ2n) is 4.19. The zero-order valence-corrected chi connectivity index (χ0v) is 15.0. The van der Waals surface area contributed by atoms with Crippen molar-refractivity contribution in [1.82, 2.24) is 20.7 Å². The van der Waals surface area contributed by atoms with Gasteiger partial charge >= 0.3 is 0 Å². The van der Waals surface area contributed by atoms with Crippen LogP contribution in [0.2, 0.25) is 0 Å². The zero-order valence-electron chi connectivity index (χ0n) is 10.5. The summed E-state index contributed by atoms with van der Waals surface area (Å²) in [6.07, 6.45) is 0.857. The van der Waals surface area contributed by atoms with Gasteiger partial charge in [0.05, 0.1) is 0 Å². The summed E-state index contributed by atoms with van der Waals surface area (Å²) in [6, 6.07) is 0. The Kier molecular flexibility index (Phi) is 6.97. The van der Waals surface area contributed by atoms with E-state index in [4.69, 9.17) is 69.6 Å². The van der Waals surface area contributed by atoms with E-state index < -0.39 is 13.2 Å². The number of hydrazine groups is 1. The van der Waals surface area contributed by atoms with Crippen molar-refractivity contribution in [2.45, 2.75) is 13.2 Å². The molecule has 0 atom stereocenters. The maximum atomic E-state index is 11.0. The van der Waals surface area contributed by atoms with Crippen LogP contribution in [0.4, 0.5) is 0 Å². The Morgan fingerprint density at radius 3 is 1.62 bits per heavy atom. The van der Waals surface area contributed by atoms with Crippen molar-refractivity contribution in [3.8, 4) is 0 Å². The maximum absolute atomic E-state index is 11.0. The lowest BCUT2D eigenvalue weighted by molar-refractivity contribution is -0.116. The molecule has 1 fully saturated rings. The predicted octanol–water partition coefficient (Wildman–Crippen LogP) is 1.45. The minimum absolute atomic E-state index is 0.281. The number of piperazine rings is 1. The van der Waals surface area contributed by atoms with Crippen LogP contribution in [0.3, 0.4) is 0 Å². The summed E-state index contributed by atoms with van der Waals surface area (Å²) in [6.45, 7) is 1.35. The second kappa shape index (κ2) is 7.45. The van der Waals surface area contributed by atoms with Gasteiger partial charge in [0.1, 0.15) is 0 Å². The number of hydrogen-bond donors (Lipinski definition) is 2. The van der Waals surface area contributed by atoms with E-state index in [0.717, 1.165) is 0 Å². The fourth-order valence-electron chi connectivity index (χ4n) is 2.11. The zero-order chi connectivity index (χ0) is 16.3. The van der Waals surface area contributed by atoms with Crippen LogP contribution in [-0.4, -0.2) is 62.2 Å². The first-order valence-corrected chi connectivity index (χ1v) is 7.91. The van der Waals surface area contributed by atoms with Crippen LogP contribution in [0, 0.1) is 0 Å². The minimum Gasteiger partial charge on any atom is -0.333 e. The number of carbonyl (C=O) groups is 2. The van der Waals surface area contributed by atoms with Gasteiger partial charge in [-0.05, 0) is 0 Å². The van der Waals surface area contributed by atoms with Crippen molar-refractivity contribution in [2.75, 3.05) is 26.2 Å². The molecule has 21 heavy (non-hydrogen) atoms. The third kappa shape index (κ3) is 4.12. The number of amides is 2. The molecular formula is C9H12Cl6N4O2. The highest BCUT2D eigenvalue weighted by molar-refractivity contribution is 6.74. The topological polar surface area (TPSA) is 64.7 Å². The molecule has 0 aromatic carbocycles. The summed E-state index contributed by atoms with van der Waals surface area (Å²) in [5.41, 5.74) is 0.647. The predicted molar refractivity (Wildman–Crippen MR) is 84.9 cm³/mol. The standard InChI is InChI=1S/C9H12Cl6N4O2/c10-8(11,12)7(16-5-20,9(13,14)15)18-1-3-19(4-2-18)17-6-21/h5-6H,1-4H2,(H,16,20)(H,17,21). The Morgan fingerprint density at radius 2 is 1.29 bits per heavy atom. The molecule has 6 nitrogen and oxygen atoms in total. The van der Waals surface area contributed by atoms with E-state index in [-0.39, 0.29) is 13.1 Å². The number of hydrogen-bond acceptors (Lipinski definition) is 4. The second-order valence-corrected chi connectivity index (χ2v) is 8.75. The molecule has 122 valence electrons. The Hall–Kier alpha value is 0.600. The van der Waals surface area contributed by atoms with Gasteiger partial charge in [0.15, 0.2) is 5.66 Å². The summed E-state index contributed by atoms with van der Waals surface area (Å²) in [7, 11) is 0. The van der Waals surface area contributed by atoms with Crippen LogP contribution in [0.25, 0.3) is 0 Å². The molecule has 0 aromatic rings. The monoisotopic (exact) mass is 418 g/mol. The Labute approximate surface area is 151 Å². The fraction of sp³-hybridized carbons (Fsp3) is 0.778. The Balaban J connectivity index is 3.09. The molecule has 0 aromatic heterocycles. The van der Waals surface area contributed by atoms with Crippen LogP contribution < -0.4 is 10.7 Å². The van der Waals surface area contributed by atoms with Crippen molar-refractivity contribution in [3.63, 3.8) is 0 Å². The van der Waals surface area contributed by atoms with Crippen LogP contribution >= 0.6 is 69.6 Å². The number of nitrogens with one attached hydrogen (secondary N) is 2. The summed E-state index contributed by atoms with van der Waals surface area (Å²) in [5.74, 6) is 0. The molecule has 2 N–H and O–H groups in total. The third-order valence-corrected chi connectivity index (χ3v) is 4.72. The lowest BCUT2D eigenvalue weighted by Crippen LogP contribution is -2.75. The first kappa shape index (κ1) is 19.6. The average molecular weight is 421 g/mol. The van der Waals surface area contributed by atoms with Gasteiger partial charge in [0, 0.05) is 26.2 Å². The Morgan fingerprint density at radius 1 is 0.810 bits per heavy atom. The molecule has 0 unspecified atom stereocenters. The van der Waals surface area contributed by atoms with Gasteiger partial charge < -0.3 is 5.32 Å². The lowest BCUT2D eigenvalue weighted by Gasteiger charge is -2.53. The molecule has 0 bridgehead atoms. The van der Waals surface area contributed by atoms with Gasteiger partial charge in [-0.2, -0.15) is 0 Å². The molecule has 0 saturated carbocycles. The lowest BCUT2D eigenvalue weighted by atomic mass is 10.1. The SMILES string of the molecule is O=CNN1CCN(C(NC=O)(C(Cl)(Cl)Cl)C(Cl)(Cl)Cl)CC1. The van der Waals surface area contributed by atoms with Crippen molar-refractivity contribution < 1.29 is 9.59 Å². The normalized spacial score (nSPS) is 19.1. The highest BCUT2D eigenvalue weighted by Crippen LogP contribution is 2.53. The summed E-state index contributed by atoms with van der Waals surface area (Å²) in [4.78, 5) is 22.9. The number of nitrogens with zero attached hydrogens (tertiary/aromatic N) is 2. The average Bonchev–Trinajstić information content (AvgIpc) is 2.34. The molecule has 1 rings (SSSR count). The molecule has 12 heteroatoms. The minimum atomic E-state index is -2.11. The van der Waals surface area contributed by atoms with E-state index in [9.17, 15) is 9.59 Å². The summed E-state index contributed by atoms with van der Waals surface area (Å²) < 4.78 is -4.22. The molecule has 1 aliphatic heterocycles. The van der Waals surface area contributed by atoms with Gasteiger partial charge in [0.25, 0.3) is 0 Å². The van der Waals surface area contributed by atoms with E-state index in [1.165, 1.54) is 0 Å². The van der Waals surface area contributed by atoms with Gasteiger partial charge in [-0.3, -0.25) is 19.9 Å². The van der Waals surface area contributed by atoms with Crippen LogP contribution in [0.15, 0.2) is 0 Å². The number of rotatable bonds is 5. The fourth-order valence-corrected chi connectivity index (χ4v) is 4.44. The Bertz CT molecular complexity index is 363. The summed E-state index contributed by atoms with van der Waals surface area (Å²) >= 11 is 35.9. The van der Waals surface area contributed by atoms with Crippen LogP contribution in [0.1, 0.15) is 0 Å². The molecule has 0 radical (unpaired) electrons. The van der Waals surface area contributed by atoms with Crippen molar-refractivity contribution >= 4 is 82.4 Å². The molecule has 0 spiro atoms. The van der Waals surface area contributed by atoms with Crippen LogP contribution in [0.5, 0.6) is 0 Å². The van der Waals surface area contributed by atoms with E-state index in [0.29, 0.717) is 25.9 Å². The first-order chi connectivity index (χ1) is 9.60. The van der Waals surface area contributed by atoms with E-state index in [2.05, 4.69) is 10.7 Å². The molecular weight excluding hydrogens is 409 g/mol. The van der Waals surface area contributed by atoms with Gasteiger partial charge in [-0.15, -0.1) is 0 Å². The third-order valence-electron chi connectivity index (χ3n) is 3.08. The first-order valence-electron chi connectivity index (χ1n) is 5.64. The largest absolute Gasteiger partial charge is 0.333 e. The smallest absolute Gasteiger partial charge is 0.230 e. The molecule has 1 aliphatic rings. The molecule has 1 heterocycles. The van der Waals surface area contributed by atoms with Crippen molar-refractivity contribution in [3.05, 3.63) is 0 Å².